The Morgan fingerprint density at radius 3 is 2.54 bits per heavy atom. The molecule has 0 radical (unpaired) electrons. The molecule has 0 bridgehead atoms. The molecule has 0 spiro atoms. The molecule has 0 saturated carbocycles. The van der Waals surface area contributed by atoms with E-state index in [-0.39, 0.29) is 10.9 Å². The molecule has 1 N–H and O–H groups in total. The summed E-state index contributed by atoms with van der Waals surface area (Å²) in [6.07, 6.45) is 1.36. The van der Waals surface area contributed by atoms with E-state index in [1.165, 1.54) is 10.5 Å². The highest BCUT2D eigenvalue weighted by Crippen LogP contribution is 2.28. The van der Waals surface area contributed by atoms with Gasteiger partial charge in [-0.1, -0.05) is 29.3 Å². The second kappa shape index (κ2) is 8.10. The van der Waals surface area contributed by atoms with Gasteiger partial charge < -0.3 is 10.1 Å². The quantitative estimate of drug-likeness (QED) is 0.807. The van der Waals surface area contributed by atoms with Crippen LogP contribution in [0, 0.1) is 0 Å². The van der Waals surface area contributed by atoms with Gasteiger partial charge in [0.1, 0.15) is 10.7 Å². The number of halogens is 2. The Kier molecular flexibility index (Phi) is 6.04. The number of hydrogen-bond acceptors (Lipinski definition) is 5. The molecule has 0 amide bonds. The maximum atomic E-state index is 12.6. The Morgan fingerprint density at radius 1 is 1.19 bits per heavy atom. The molecule has 1 aromatic heterocycles. The van der Waals surface area contributed by atoms with Gasteiger partial charge in [-0.2, -0.15) is 4.31 Å². The lowest BCUT2D eigenvalue weighted by molar-refractivity contribution is 0.0730. The molecule has 0 aliphatic carbocycles. The summed E-state index contributed by atoms with van der Waals surface area (Å²) >= 11 is 12.1. The lowest BCUT2D eigenvalue weighted by Gasteiger charge is -2.26. The Balaban J connectivity index is 1.73. The van der Waals surface area contributed by atoms with Crippen LogP contribution in [0.1, 0.15) is 18.5 Å². The molecule has 26 heavy (non-hydrogen) atoms. The van der Waals surface area contributed by atoms with Gasteiger partial charge >= 0.3 is 0 Å². The highest BCUT2D eigenvalue weighted by atomic mass is 35.5. The van der Waals surface area contributed by atoms with Gasteiger partial charge in [0.2, 0.25) is 10.0 Å². The molecule has 1 aromatic carbocycles. The van der Waals surface area contributed by atoms with Crippen LogP contribution in [0.2, 0.25) is 10.0 Å². The third-order valence-electron chi connectivity index (χ3n) is 4.14. The summed E-state index contributed by atoms with van der Waals surface area (Å²) in [4.78, 5) is 4.40. The summed E-state index contributed by atoms with van der Waals surface area (Å²) < 4.78 is 31.8. The zero-order valence-electron chi connectivity index (χ0n) is 14.2. The average molecular weight is 416 g/mol. The number of anilines is 1. The number of sulfonamides is 1. The molecule has 1 aliphatic heterocycles. The van der Waals surface area contributed by atoms with Crippen molar-refractivity contribution in [3.63, 3.8) is 0 Å². The van der Waals surface area contributed by atoms with E-state index in [9.17, 15) is 8.42 Å². The summed E-state index contributed by atoms with van der Waals surface area (Å²) in [5, 5.41) is 4.34. The van der Waals surface area contributed by atoms with Crippen molar-refractivity contribution in [2.24, 2.45) is 0 Å². The Hall–Kier alpha value is -1.38. The summed E-state index contributed by atoms with van der Waals surface area (Å²) in [5.74, 6) is 0.560. The van der Waals surface area contributed by atoms with E-state index in [0.29, 0.717) is 42.2 Å². The van der Waals surface area contributed by atoms with E-state index in [1.54, 1.807) is 24.3 Å². The van der Waals surface area contributed by atoms with Crippen molar-refractivity contribution >= 4 is 39.0 Å². The number of morpholine rings is 1. The summed E-state index contributed by atoms with van der Waals surface area (Å²) in [6.45, 7) is 3.47. The van der Waals surface area contributed by atoms with Crippen molar-refractivity contribution in [3.8, 4) is 0 Å². The van der Waals surface area contributed by atoms with Gasteiger partial charge in [-0.15, -0.1) is 0 Å². The second-order valence-corrected chi connectivity index (χ2v) is 8.71. The van der Waals surface area contributed by atoms with E-state index in [4.69, 9.17) is 27.9 Å². The first-order valence-electron chi connectivity index (χ1n) is 8.13. The summed E-state index contributed by atoms with van der Waals surface area (Å²) in [6, 6.07) is 8.38. The second-order valence-electron chi connectivity index (χ2n) is 5.93. The minimum atomic E-state index is -3.54. The predicted octanol–water partition coefficient (Wildman–Crippen LogP) is 3.58. The molecule has 2 aromatic rings. The normalized spacial score (nSPS) is 17.0. The third-order valence-corrected chi connectivity index (χ3v) is 6.58. The monoisotopic (exact) mass is 415 g/mol. The predicted molar refractivity (Wildman–Crippen MR) is 102 cm³/mol. The van der Waals surface area contributed by atoms with Crippen molar-refractivity contribution in [1.82, 2.24) is 9.29 Å². The average Bonchev–Trinajstić information content (AvgIpc) is 2.63. The van der Waals surface area contributed by atoms with Crippen LogP contribution in [-0.4, -0.2) is 44.0 Å². The third kappa shape index (κ3) is 4.29. The van der Waals surface area contributed by atoms with Crippen LogP contribution < -0.4 is 5.32 Å². The summed E-state index contributed by atoms with van der Waals surface area (Å²) in [5.41, 5.74) is 0.878. The van der Waals surface area contributed by atoms with Crippen LogP contribution in [0.15, 0.2) is 41.4 Å². The van der Waals surface area contributed by atoms with E-state index >= 15 is 0 Å². The van der Waals surface area contributed by atoms with Crippen LogP contribution in [0.3, 0.4) is 0 Å². The minimum absolute atomic E-state index is 0.117. The van der Waals surface area contributed by atoms with Crippen molar-refractivity contribution in [2.45, 2.75) is 17.9 Å². The van der Waals surface area contributed by atoms with Crippen LogP contribution >= 0.6 is 23.2 Å². The number of ether oxygens (including phenoxy) is 1. The van der Waals surface area contributed by atoms with Crippen LogP contribution in [0.25, 0.3) is 0 Å². The van der Waals surface area contributed by atoms with Gasteiger partial charge in [0.05, 0.1) is 19.3 Å². The number of rotatable bonds is 5. The number of benzene rings is 1. The molecule has 3 rings (SSSR count). The van der Waals surface area contributed by atoms with E-state index in [2.05, 4.69) is 10.3 Å². The molecule has 9 heteroatoms. The maximum absolute atomic E-state index is 12.6. The van der Waals surface area contributed by atoms with Crippen molar-refractivity contribution in [1.29, 1.82) is 0 Å². The molecular formula is C17H19Cl2N3O3S. The first kappa shape index (κ1) is 19.4. The SMILES string of the molecule is C[C@@H](Nc1ccc(S(=O)(=O)N2CCOCC2)cn1)c1ccc(Cl)cc1Cl. The minimum Gasteiger partial charge on any atom is -0.379 e. The standard InChI is InChI=1S/C17H19Cl2N3O3S/c1-12(15-4-2-13(18)10-16(15)19)21-17-5-3-14(11-20-17)26(23,24)22-6-8-25-9-7-22/h2-5,10-12H,6-9H2,1H3,(H,20,21)/t12-/m1/s1. The molecule has 140 valence electrons. The highest BCUT2D eigenvalue weighted by Gasteiger charge is 2.26. The number of nitrogens with one attached hydrogen (secondary N) is 1. The van der Waals surface area contributed by atoms with E-state index in [1.807, 2.05) is 13.0 Å². The summed E-state index contributed by atoms with van der Waals surface area (Å²) in [7, 11) is -3.54. The van der Waals surface area contributed by atoms with Crippen LogP contribution in [0.5, 0.6) is 0 Å². The number of nitrogens with zero attached hydrogens (tertiary/aromatic N) is 2. The number of pyridine rings is 1. The Labute approximate surface area is 163 Å². The molecule has 0 unspecified atom stereocenters. The topological polar surface area (TPSA) is 71.5 Å². The molecule has 1 aliphatic rings. The zero-order valence-corrected chi connectivity index (χ0v) is 16.5. The first-order valence-corrected chi connectivity index (χ1v) is 10.3. The van der Waals surface area contributed by atoms with Gasteiger partial charge in [0.25, 0.3) is 0 Å². The van der Waals surface area contributed by atoms with Gasteiger partial charge in [0, 0.05) is 29.3 Å². The number of hydrogen-bond donors (Lipinski definition) is 1. The number of aromatic nitrogens is 1. The fourth-order valence-electron chi connectivity index (χ4n) is 2.71. The molecular weight excluding hydrogens is 397 g/mol. The smallest absolute Gasteiger partial charge is 0.244 e. The molecule has 1 saturated heterocycles. The van der Waals surface area contributed by atoms with E-state index < -0.39 is 10.0 Å². The Morgan fingerprint density at radius 2 is 1.92 bits per heavy atom. The lowest BCUT2D eigenvalue weighted by Crippen LogP contribution is -2.40. The maximum Gasteiger partial charge on any atom is 0.244 e. The van der Waals surface area contributed by atoms with Crippen LogP contribution in [0.4, 0.5) is 5.82 Å². The fraction of sp³-hybridized carbons (Fsp3) is 0.353. The largest absolute Gasteiger partial charge is 0.379 e. The van der Waals surface area contributed by atoms with Crippen molar-refractivity contribution in [2.75, 3.05) is 31.6 Å². The molecule has 1 atom stereocenters. The Bertz CT molecular complexity index is 869. The van der Waals surface area contributed by atoms with Gasteiger partial charge in [-0.05, 0) is 36.8 Å². The molecule has 6 nitrogen and oxygen atoms in total. The van der Waals surface area contributed by atoms with Gasteiger partial charge in [-0.3, -0.25) is 0 Å². The molecule has 2 heterocycles. The van der Waals surface area contributed by atoms with Gasteiger partial charge in [0.15, 0.2) is 0 Å². The van der Waals surface area contributed by atoms with Gasteiger partial charge in [-0.25, -0.2) is 13.4 Å². The molecule has 1 fully saturated rings. The lowest BCUT2D eigenvalue weighted by atomic mass is 10.1. The van der Waals surface area contributed by atoms with Crippen LogP contribution in [-0.2, 0) is 14.8 Å². The van der Waals surface area contributed by atoms with Crippen molar-refractivity contribution in [3.05, 3.63) is 52.1 Å². The van der Waals surface area contributed by atoms with E-state index in [0.717, 1.165) is 5.56 Å². The highest BCUT2D eigenvalue weighted by molar-refractivity contribution is 7.89. The first-order chi connectivity index (χ1) is 12.4. The zero-order chi connectivity index (χ0) is 18.7. The fourth-order valence-corrected chi connectivity index (χ4v) is 4.63. The van der Waals surface area contributed by atoms with Crippen molar-refractivity contribution < 1.29 is 13.2 Å².